The number of carbonyl (C=O) groups is 3. The molecule has 38 heavy (non-hydrogen) atoms. The number of nitrogens with two attached hydrogens (primary N) is 1. The molecule has 3 rings (SSSR count). The van der Waals surface area contributed by atoms with Crippen molar-refractivity contribution < 1.29 is 19.5 Å². The molecule has 3 aromatic rings. The van der Waals surface area contributed by atoms with Crippen molar-refractivity contribution in [3.05, 3.63) is 84.6 Å². The van der Waals surface area contributed by atoms with Gasteiger partial charge in [-0.25, -0.2) is 4.98 Å². The van der Waals surface area contributed by atoms with Crippen molar-refractivity contribution in [1.82, 2.24) is 15.6 Å². The number of anilines is 1. The van der Waals surface area contributed by atoms with E-state index in [-0.39, 0.29) is 18.7 Å². The third-order valence-corrected chi connectivity index (χ3v) is 6.02. The van der Waals surface area contributed by atoms with Crippen LogP contribution in [0.1, 0.15) is 43.7 Å². The molecule has 0 radical (unpaired) electrons. The van der Waals surface area contributed by atoms with Crippen LogP contribution in [-0.4, -0.2) is 47.0 Å². The van der Waals surface area contributed by atoms with E-state index >= 15 is 0 Å². The maximum atomic E-state index is 13.2. The van der Waals surface area contributed by atoms with Crippen LogP contribution in [0.15, 0.2) is 79.0 Å². The molecule has 1 aromatic heterocycles. The summed E-state index contributed by atoms with van der Waals surface area (Å²) >= 11 is 0. The number of carbonyl (C=O) groups excluding carboxylic acids is 2. The number of carboxylic acids is 1. The predicted molar refractivity (Wildman–Crippen MR) is 147 cm³/mol. The minimum Gasteiger partial charge on any atom is -0.481 e. The summed E-state index contributed by atoms with van der Waals surface area (Å²) in [6, 6.07) is 21.2. The molecule has 0 saturated carbocycles. The van der Waals surface area contributed by atoms with Gasteiger partial charge in [-0.3, -0.25) is 14.4 Å². The molecule has 0 aliphatic rings. The van der Waals surface area contributed by atoms with E-state index in [0.717, 1.165) is 16.9 Å². The van der Waals surface area contributed by atoms with E-state index in [0.29, 0.717) is 37.9 Å². The number of nitrogens with one attached hydrogen (secondary N) is 3. The van der Waals surface area contributed by atoms with E-state index in [2.05, 4.69) is 20.9 Å². The molecule has 0 saturated heterocycles. The Morgan fingerprint density at radius 2 is 1.58 bits per heavy atom. The van der Waals surface area contributed by atoms with Crippen molar-refractivity contribution in [3.63, 3.8) is 0 Å². The molecule has 0 aliphatic carbocycles. The Morgan fingerprint density at radius 1 is 0.868 bits per heavy atom. The van der Waals surface area contributed by atoms with Gasteiger partial charge in [0, 0.05) is 19.2 Å². The van der Waals surface area contributed by atoms with Gasteiger partial charge in [0.05, 0.1) is 12.5 Å². The Hall–Kier alpha value is -4.24. The molecule has 2 amide bonds. The summed E-state index contributed by atoms with van der Waals surface area (Å²) in [5.74, 6) is -0.997. The van der Waals surface area contributed by atoms with Crippen LogP contribution in [0, 0.1) is 0 Å². The quantitative estimate of drug-likeness (QED) is 0.194. The minimum absolute atomic E-state index is 0.228. The zero-order valence-electron chi connectivity index (χ0n) is 21.3. The van der Waals surface area contributed by atoms with Gasteiger partial charge in [0.25, 0.3) is 0 Å². The van der Waals surface area contributed by atoms with Crippen molar-refractivity contribution in [3.8, 4) is 11.1 Å². The first-order chi connectivity index (χ1) is 18.5. The lowest BCUT2D eigenvalue weighted by Crippen LogP contribution is -2.48. The number of benzene rings is 2. The molecular weight excluding hydrogens is 482 g/mol. The van der Waals surface area contributed by atoms with Crippen LogP contribution in [0.4, 0.5) is 5.82 Å². The van der Waals surface area contributed by atoms with Gasteiger partial charge >= 0.3 is 5.97 Å². The van der Waals surface area contributed by atoms with Crippen LogP contribution in [-0.2, 0) is 14.4 Å². The highest BCUT2D eigenvalue weighted by atomic mass is 16.4. The van der Waals surface area contributed by atoms with Crippen LogP contribution in [0.2, 0.25) is 0 Å². The van der Waals surface area contributed by atoms with Crippen LogP contribution in [0.5, 0.6) is 0 Å². The average Bonchev–Trinajstić information content (AvgIpc) is 2.94. The third kappa shape index (κ3) is 9.33. The molecule has 0 bridgehead atoms. The lowest BCUT2D eigenvalue weighted by atomic mass is 9.98. The zero-order chi connectivity index (χ0) is 27.2. The number of aromatic nitrogens is 1. The predicted octanol–water partition coefficient (Wildman–Crippen LogP) is 3.50. The normalized spacial score (nSPS) is 12.2. The number of carboxylic acid groups (broad SMARTS) is 1. The highest BCUT2D eigenvalue weighted by molar-refractivity contribution is 5.88. The average molecular weight is 518 g/mol. The first kappa shape index (κ1) is 28.3. The van der Waals surface area contributed by atoms with Gasteiger partial charge in [0.2, 0.25) is 11.8 Å². The van der Waals surface area contributed by atoms with E-state index in [1.807, 2.05) is 72.8 Å². The summed E-state index contributed by atoms with van der Waals surface area (Å²) in [4.78, 5) is 41.5. The second-order valence-corrected chi connectivity index (χ2v) is 8.94. The van der Waals surface area contributed by atoms with Gasteiger partial charge < -0.3 is 26.8 Å². The summed E-state index contributed by atoms with van der Waals surface area (Å²) < 4.78 is 0. The minimum atomic E-state index is -1.04. The fraction of sp³-hybridized carbons (Fsp3) is 0.310. The van der Waals surface area contributed by atoms with Gasteiger partial charge in [0.15, 0.2) is 0 Å². The second kappa shape index (κ2) is 15.1. The topological polar surface area (TPSA) is 146 Å². The number of hydrogen-bond acceptors (Lipinski definition) is 6. The lowest BCUT2D eigenvalue weighted by Gasteiger charge is -2.23. The van der Waals surface area contributed by atoms with Crippen molar-refractivity contribution in [2.75, 3.05) is 18.4 Å². The Labute approximate surface area is 222 Å². The van der Waals surface area contributed by atoms with Crippen molar-refractivity contribution >= 4 is 23.6 Å². The Balaban J connectivity index is 1.60. The van der Waals surface area contributed by atoms with E-state index in [1.54, 1.807) is 6.20 Å². The van der Waals surface area contributed by atoms with Gasteiger partial charge in [0.1, 0.15) is 11.9 Å². The number of rotatable bonds is 15. The van der Waals surface area contributed by atoms with Crippen LogP contribution < -0.4 is 21.7 Å². The zero-order valence-corrected chi connectivity index (χ0v) is 21.3. The number of hydrogen-bond donors (Lipinski definition) is 5. The highest BCUT2D eigenvalue weighted by Gasteiger charge is 2.25. The summed E-state index contributed by atoms with van der Waals surface area (Å²) in [6.07, 6.45) is 3.08. The fourth-order valence-electron chi connectivity index (χ4n) is 4.03. The maximum absolute atomic E-state index is 13.2. The smallest absolute Gasteiger partial charge is 0.305 e. The van der Waals surface area contributed by atoms with Crippen molar-refractivity contribution in [2.24, 2.45) is 5.73 Å². The Bertz CT molecular complexity index is 1160. The molecule has 9 heteroatoms. The van der Waals surface area contributed by atoms with Gasteiger partial charge in [-0.1, -0.05) is 60.7 Å². The van der Waals surface area contributed by atoms with E-state index in [1.165, 1.54) is 0 Å². The monoisotopic (exact) mass is 517 g/mol. The van der Waals surface area contributed by atoms with Gasteiger partial charge in [-0.05, 0) is 54.6 Å². The molecule has 0 aliphatic heterocycles. The van der Waals surface area contributed by atoms with E-state index in [9.17, 15) is 19.5 Å². The van der Waals surface area contributed by atoms with E-state index in [4.69, 9.17) is 5.73 Å². The Morgan fingerprint density at radius 3 is 2.24 bits per heavy atom. The molecule has 2 aromatic carbocycles. The molecular formula is C29H35N5O4. The largest absolute Gasteiger partial charge is 0.481 e. The summed E-state index contributed by atoms with van der Waals surface area (Å²) in [7, 11) is 0. The van der Waals surface area contributed by atoms with Crippen molar-refractivity contribution in [2.45, 2.75) is 44.2 Å². The van der Waals surface area contributed by atoms with Crippen LogP contribution in [0.25, 0.3) is 11.1 Å². The molecule has 200 valence electrons. The van der Waals surface area contributed by atoms with Crippen molar-refractivity contribution in [1.29, 1.82) is 0 Å². The molecule has 0 fully saturated rings. The third-order valence-electron chi connectivity index (χ3n) is 6.02. The Kier molecular flexibility index (Phi) is 11.3. The maximum Gasteiger partial charge on any atom is 0.305 e. The SMILES string of the molecule is NCCC[C@H](NC(=O)CCCNc1ccccn1)C(=O)NC(CC(=O)O)c1ccc(-c2ccccc2)cc1. The summed E-state index contributed by atoms with van der Waals surface area (Å²) in [5, 5.41) is 18.2. The van der Waals surface area contributed by atoms with Gasteiger partial charge in [-0.2, -0.15) is 0 Å². The van der Waals surface area contributed by atoms with Gasteiger partial charge in [-0.15, -0.1) is 0 Å². The first-order valence-electron chi connectivity index (χ1n) is 12.8. The summed E-state index contributed by atoms with van der Waals surface area (Å²) in [5.41, 5.74) is 8.34. The van der Waals surface area contributed by atoms with E-state index < -0.39 is 24.0 Å². The number of amides is 2. The highest BCUT2D eigenvalue weighted by Crippen LogP contribution is 2.23. The lowest BCUT2D eigenvalue weighted by molar-refractivity contribution is -0.138. The number of pyridine rings is 1. The number of aliphatic carboxylic acids is 1. The van der Waals surface area contributed by atoms with Crippen LogP contribution in [0.3, 0.4) is 0 Å². The number of nitrogens with zero attached hydrogens (tertiary/aromatic N) is 1. The molecule has 1 unspecified atom stereocenters. The molecule has 2 atom stereocenters. The molecule has 6 N–H and O–H groups in total. The molecule has 0 spiro atoms. The fourth-order valence-corrected chi connectivity index (χ4v) is 4.03. The first-order valence-corrected chi connectivity index (χ1v) is 12.8. The summed E-state index contributed by atoms with van der Waals surface area (Å²) in [6.45, 7) is 0.927. The molecule has 1 heterocycles. The standard InChI is InChI=1S/C29H35N5O4/c30-17-6-10-24(33-27(35)12-7-19-32-26-11-4-5-18-31-26)29(38)34-25(20-28(36)37)23-15-13-22(14-16-23)21-8-2-1-3-9-21/h1-5,8-9,11,13-16,18,24-25H,6-7,10,12,17,19-20,30H2,(H,31,32)(H,33,35)(H,34,38)(H,36,37)/t24-,25?/m0/s1. The second-order valence-electron chi connectivity index (χ2n) is 8.94. The van der Waals surface area contributed by atoms with Crippen LogP contribution >= 0.6 is 0 Å². The molecule has 9 nitrogen and oxygen atoms in total.